The summed E-state index contributed by atoms with van der Waals surface area (Å²) in [7, 11) is 0. The van der Waals surface area contributed by atoms with Crippen molar-refractivity contribution in [1.29, 1.82) is 0 Å². The first-order chi connectivity index (χ1) is 9.29. The van der Waals surface area contributed by atoms with Gasteiger partial charge in [-0.15, -0.1) is 0 Å². The molecule has 1 aromatic carbocycles. The van der Waals surface area contributed by atoms with Crippen molar-refractivity contribution in [3.8, 4) is 11.3 Å². The van der Waals surface area contributed by atoms with Crippen LogP contribution in [-0.4, -0.2) is 25.5 Å². The maximum absolute atomic E-state index is 11.6. The maximum Gasteiger partial charge on any atom is 0.414 e. The predicted octanol–water partition coefficient (Wildman–Crippen LogP) is 2.72. The Kier molecular flexibility index (Phi) is 2.79. The molecule has 0 saturated carbocycles. The zero-order valence-corrected chi connectivity index (χ0v) is 10.0. The average molecular weight is 257 g/mol. The summed E-state index contributed by atoms with van der Waals surface area (Å²) in [5, 5.41) is 0. The molecule has 0 spiro atoms. The van der Waals surface area contributed by atoms with Gasteiger partial charge in [0.15, 0.2) is 12.0 Å². The van der Waals surface area contributed by atoms with Gasteiger partial charge in [0, 0.05) is 5.56 Å². The molecule has 0 N–H and O–H groups in total. The van der Waals surface area contributed by atoms with Crippen LogP contribution in [0.5, 0.6) is 0 Å². The second-order valence-electron chi connectivity index (χ2n) is 4.10. The Balaban J connectivity index is 2.06. The van der Waals surface area contributed by atoms with E-state index < -0.39 is 0 Å². The van der Waals surface area contributed by atoms with Crippen molar-refractivity contribution in [2.24, 2.45) is 0 Å². The lowest BCUT2D eigenvalue weighted by Crippen LogP contribution is -2.23. The minimum Gasteiger partial charge on any atom is -0.453 e. The molecule has 1 aliphatic rings. The normalized spacial score (nSPS) is 14.5. The van der Waals surface area contributed by atoms with Crippen LogP contribution in [0.2, 0.25) is 0 Å². The van der Waals surface area contributed by atoms with Crippen molar-refractivity contribution < 1.29 is 18.7 Å². The van der Waals surface area contributed by atoms with E-state index >= 15 is 0 Å². The third-order valence-electron chi connectivity index (χ3n) is 2.96. The van der Waals surface area contributed by atoms with Crippen LogP contribution < -0.4 is 4.90 Å². The summed E-state index contributed by atoms with van der Waals surface area (Å²) in [5.74, 6) is 0.811. The van der Waals surface area contributed by atoms with Crippen LogP contribution in [0.1, 0.15) is 10.6 Å². The largest absolute Gasteiger partial charge is 0.453 e. The molecule has 96 valence electrons. The fourth-order valence-corrected chi connectivity index (χ4v) is 2.09. The van der Waals surface area contributed by atoms with Crippen LogP contribution in [0.15, 0.2) is 40.8 Å². The molecule has 3 rings (SSSR count). The zero-order chi connectivity index (χ0) is 13.2. The van der Waals surface area contributed by atoms with Gasteiger partial charge in [0.25, 0.3) is 0 Å². The summed E-state index contributed by atoms with van der Waals surface area (Å²) in [4.78, 5) is 23.9. The number of hydrogen-bond acceptors (Lipinski definition) is 4. The van der Waals surface area contributed by atoms with E-state index in [4.69, 9.17) is 9.15 Å². The molecule has 5 nitrogen and oxygen atoms in total. The van der Waals surface area contributed by atoms with Gasteiger partial charge >= 0.3 is 6.09 Å². The number of amides is 1. The highest BCUT2D eigenvalue weighted by Gasteiger charge is 2.26. The van der Waals surface area contributed by atoms with Crippen LogP contribution in [0.25, 0.3) is 11.3 Å². The third-order valence-corrected chi connectivity index (χ3v) is 2.96. The monoisotopic (exact) mass is 257 g/mol. The maximum atomic E-state index is 11.6. The lowest BCUT2D eigenvalue weighted by atomic mass is 10.1. The highest BCUT2D eigenvalue weighted by atomic mass is 16.6. The molecule has 0 unspecified atom stereocenters. The summed E-state index contributed by atoms with van der Waals surface area (Å²) in [6, 6.07) is 10.7. The molecule has 19 heavy (non-hydrogen) atoms. The van der Waals surface area contributed by atoms with Gasteiger partial charge in [0.05, 0.1) is 12.2 Å². The van der Waals surface area contributed by atoms with E-state index in [9.17, 15) is 9.59 Å². The summed E-state index contributed by atoms with van der Waals surface area (Å²) < 4.78 is 10.3. The van der Waals surface area contributed by atoms with E-state index in [1.807, 2.05) is 24.3 Å². The Morgan fingerprint density at radius 3 is 2.68 bits per heavy atom. The van der Waals surface area contributed by atoms with Crippen LogP contribution in [0.3, 0.4) is 0 Å². The first kappa shape index (κ1) is 11.5. The number of cyclic esters (lactones) is 1. The number of para-hydroxylation sites is 1. The second-order valence-corrected chi connectivity index (χ2v) is 4.10. The van der Waals surface area contributed by atoms with Crippen LogP contribution in [-0.2, 0) is 4.74 Å². The molecule has 0 radical (unpaired) electrons. The van der Waals surface area contributed by atoms with E-state index in [1.54, 1.807) is 17.0 Å². The fraction of sp³-hybridized carbons (Fsp3) is 0.143. The summed E-state index contributed by atoms with van der Waals surface area (Å²) in [6.45, 7) is 0.891. The molecule has 0 atom stereocenters. The summed E-state index contributed by atoms with van der Waals surface area (Å²) in [6.07, 6.45) is 0.283. The smallest absolute Gasteiger partial charge is 0.414 e. The van der Waals surface area contributed by atoms with Gasteiger partial charge in [-0.05, 0) is 24.3 Å². The second kappa shape index (κ2) is 4.61. The number of hydrogen-bond donors (Lipinski definition) is 0. The molecule has 0 aliphatic carbocycles. The first-order valence-corrected chi connectivity index (χ1v) is 5.88. The molecule has 1 aliphatic heterocycles. The van der Waals surface area contributed by atoms with Crippen LogP contribution in [0.4, 0.5) is 10.5 Å². The number of rotatable bonds is 3. The van der Waals surface area contributed by atoms with E-state index in [0.29, 0.717) is 25.2 Å². The summed E-state index contributed by atoms with van der Waals surface area (Å²) in [5.41, 5.74) is 1.48. The Labute approximate surface area is 109 Å². The van der Waals surface area contributed by atoms with Gasteiger partial charge in [0.2, 0.25) is 0 Å². The Bertz CT molecular complexity index is 632. The number of carbonyl (C=O) groups excluding carboxylic acids is 2. The number of benzene rings is 1. The molecule has 0 bridgehead atoms. The summed E-state index contributed by atoms with van der Waals surface area (Å²) >= 11 is 0. The standard InChI is InChI=1S/C14H11NO4/c16-9-10-5-6-13(19-10)11-3-1-2-4-12(11)15-7-8-18-14(15)17/h1-6,9H,7-8H2. The minimum absolute atomic E-state index is 0.258. The van der Waals surface area contributed by atoms with Gasteiger partial charge < -0.3 is 9.15 Å². The zero-order valence-electron chi connectivity index (χ0n) is 10.0. The fourth-order valence-electron chi connectivity index (χ4n) is 2.09. The van der Waals surface area contributed by atoms with Crippen molar-refractivity contribution in [3.63, 3.8) is 0 Å². The lowest BCUT2D eigenvalue weighted by Gasteiger charge is -2.15. The van der Waals surface area contributed by atoms with Crippen molar-refractivity contribution in [3.05, 3.63) is 42.2 Å². The van der Waals surface area contributed by atoms with Crippen molar-refractivity contribution in [1.82, 2.24) is 0 Å². The van der Waals surface area contributed by atoms with Gasteiger partial charge in [-0.25, -0.2) is 4.79 Å². The molecular weight excluding hydrogens is 246 g/mol. The number of ether oxygens (including phenoxy) is 1. The Hall–Kier alpha value is -2.56. The predicted molar refractivity (Wildman–Crippen MR) is 68.2 cm³/mol. The molecular formula is C14H11NO4. The van der Waals surface area contributed by atoms with E-state index in [2.05, 4.69) is 0 Å². The lowest BCUT2D eigenvalue weighted by molar-refractivity contribution is 0.110. The molecule has 1 saturated heterocycles. The third kappa shape index (κ3) is 1.99. The van der Waals surface area contributed by atoms with Gasteiger partial charge in [-0.2, -0.15) is 0 Å². The number of nitrogens with zero attached hydrogens (tertiary/aromatic N) is 1. The van der Waals surface area contributed by atoms with E-state index in [-0.39, 0.29) is 11.9 Å². The average Bonchev–Trinajstić information content (AvgIpc) is 3.07. The van der Waals surface area contributed by atoms with Gasteiger partial charge in [-0.1, -0.05) is 12.1 Å². The van der Waals surface area contributed by atoms with E-state index in [1.165, 1.54) is 0 Å². The number of carbonyl (C=O) groups is 2. The molecule has 2 heterocycles. The molecule has 1 aromatic heterocycles. The van der Waals surface area contributed by atoms with Crippen LogP contribution >= 0.6 is 0 Å². The molecule has 1 amide bonds. The SMILES string of the molecule is O=Cc1ccc(-c2ccccc2N2CCOC2=O)o1. The van der Waals surface area contributed by atoms with Gasteiger partial charge in [0.1, 0.15) is 12.4 Å². The number of aldehydes is 1. The van der Waals surface area contributed by atoms with Gasteiger partial charge in [-0.3, -0.25) is 9.69 Å². The first-order valence-electron chi connectivity index (χ1n) is 5.88. The number of furan rings is 1. The molecule has 1 fully saturated rings. The Morgan fingerprint density at radius 2 is 2.00 bits per heavy atom. The minimum atomic E-state index is -0.366. The topological polar surface area (TPSA) is 59.8 Å². The van der Waals surface area contributed by atoms with Crippen molar-refractivity contribution >= 4 is 18.1 Å². The quantitative estimate of drug-likeness (QED) is 0.793. The van der Waals surface area contributed by atoms with Crippen LogP contribution in [0, 0.1) is 0 Å². The Morgan fingerprint density at radius 1 is 1.16 bits per heavy atom. The van der Waals surface area contributed by atoms with Crippen molar-refractivity contribution in [2.45, 2.75) is 0 Å². The molecule has 5 heteroatoms. The number of anilines is 1. The highest BCUT2D eigenvalue weighted by Crippen LogP contribution is 2.33. The van der Waals surface area contributed by atoms with E-state index in [0.717, 1.165) is 11.3 Å². The molecule has 2 aromatic rings. The highest BCUT2D eigenvalue weighted by molar-refractivity contribution is 5.94. The van der Waals surface area contributed by atoms with Crippen molar-refractivity contribution in [2.75, 3.05) is 18.1 Å².